The van der Waals surface area contributed by atoms with E-state index in [1.54, 1.807) is 6.07 Å². The standard InChI is InChI=1S/C11H7BrN4O3/c12-6-3-7(19-4-6)10-14-9-2-5(11(17)18)1-8(13)16(9)15-10/h1-4H,13H2,(H,17,18). The number of pyridine rings is 1. The summed E-state index contributed by atoms with van der Waals surface area (Å²) in [6.45, 7) is 0. The molecular formula is C11H7BrN4O3. The molecule has 0 bridgehead atoms. The fraction of sp³-hybridized carbons (Fsp3) is 0. The molecule has 3 aromatic rings. The first-order valence-corrected chi connectivity index (χ1v) is 5.98. The SMILES string of the molecule is Nc1cc(C(=O)O)cc2nc(-c3cc(Br)co3)nn12. The molecule has 0 fully saturated rings. The van der Waals surface area contributed by atoms with Gasteiger partial charge in [0.25, 0.3) is 0 Å². The lowest BCUT2D eigenvalue weighted by Gasteiger charge is -1.99. The van der Waals surface area contributed by atoms with Crippen LogP contribution in [0.25, 0.3) is 17.2 Å². The van der Waals surface area contributed by atoms with E-state index in [9.17, 15) is 4.79 Å². The zero-order chi connectivity index (χ0) is 13.6. The number of aromatic carboxylic acids is 1. The van der Waals surface area contributed by atoms with E-state index in [1.807, 2.05) is 0 Å². The van der Waals surface area contributed by atoms with Crippen LogP contribution < -0.4 is 5.73 Å². The topological polar surface area (TPSA) is 107 Å². The van der Waals surface area contributed by atoms with Gasteiger partial charge in [0.2, 0.25) is 5.82 Å². The summed E-state index contributed by atoms with van der Waals surface area (Å²) in [4.78, 5) is 15.1. The van der Waals surface area contributed by atoms with Crippen LogP contribution in [0.1, 0.15) is 10.4 Å². The van der Waals surface area contributed by atoms with E-state index < -0.39 is 5.97 Å². The van der Waals surface area contributed by atoms with E-state index in [1.165, 1.54) is 22.9 Å². The monoisotopic (exact) mass is 322 g/mol. The third-order valence-electron chi connectivity index (χ3n) is 2.50. The number of aromatic nitrogens is 3. The Morgan fingerprint density at radius 1 is 1.42 bits per heavy atom. The Bertz CT molecular complexity index is 792. The Labute approximate surface area is 114 Å². The first-order valence-electron chi connectivity index (χ1n) is 5.18. The van der Waals surface area contributed by atoms with E-state index in [4.69, 9.17) is 15.3 Å². The number of furan rings is 1. The Morgan fingerprint density at radius 2 is 2.21 bits per heavy atom. The van der Waals surface area contributed by atoms with Gasteiger partial charge in [-0.25, -0.2) is 9.78 Å². The maximum absolute atomic E-state index is 10.9. The molecule has 0 saturated carbocycles. The summed E-state index contributed by atoms with van der Waals surface area (Å²) in [5.41, 5.74) is 6.16. The lowest BCUT2D eigenvalue weighted by atomic mass is 10.2. The Morgan fingerprint density at radius 3 is 2.84 bits per heavy atom. The van der Waals surface area contributed by atoms with Crippen molar-refractivity contribution in [3.05, 3.63) is 34.5 Å². The van der Waals surface area contributed by atoms with Crippen LogP contribution in [0.4, 0.5) is 5.82 Å². The van der Waals surface area contributed by atoms with Crippen LogP contribution >= 0.6 is 15.9 Å². The van der Waals surface area contributed by atoms with Gasteiger partial charge in [0, 0.05) is 6.07 Å². The predicted molar refractivity (Wildman–Crippen MR) is 69.8 cm³/mol. The highest BCUT2D eigenvalue weighted by atomic mass is 79.9. The number of carboxylic acids is 1. The van der Waals surface area contributed by atoms with Crippen molar-refractivity contribution in [3.63, 3.8) is 0 Å². The van der Waals surface area contributed by atoms with Crippen LogP contribution in [-0.4, -0.2) is 25.7 Å². The summed E-state index contributed by atoms with van der Waals surface area (Å²) in [6.07, 6.45) is 1.51. The fourth-order valence-electron chi connectivity index (χ4n) is 1.67. The average molecular weight is 323 g/mol. The van der Waals surface area contributed by atoms with E-state index in [0.717, 1.165) is 4.47 Å². The fourth-order valence-corrected chi connectivity index (χ4v) is 1.97. The molecule has 19 heavy (non-hydrogen) atoms. The maximum atomic E-state index is 10.9. The van der Waals surface area contributed by atoms with Crippen LogP contribution in [0, 0.1) is 0 Å². The number of carboxylic acid groups (broad SMARTS) is 1. The molecule has 7 nitrogen and oxygen atoms in total. The van der Waals surface area contributed by atoms with Gasteiger partial charge in [-0.3, -0.25) is 0 Å². The van der Waals surface area contributed by atoms with Gasteiger partial charge in [-0.15, -0.1) is 5.10 Å². The number of hydrogen-bond donors (Lipinski definition) is 2. The first kappa shape index (κ1) is 11.7. The number of nitrogens with zero attached hydrogens (tertiary/aromatic N) is 3. The number of carbonyl (C=O) groups is 1. The molecule has 0 amide bonds. The summed E-state index contributed by atoms with van der Waals surface area (Å²) in [7, 11) is 0. The van der Waals surface area contributed by atoms with E-state index in [-0.39, 0.29) is 11.4 Å². The molecular weight excluding hydrogens is 316 g/mol. The van der Waals surface area contributed by atoms with E-state index in [2.05, 4.69) is 26.0 Å². The minimum Gasteiger partial charge on any atom is -0.478 e. The molecule has 0 unspecified atom stereocenters. The Hall–Kier alpha value is -2.35. The molecule has 0 aromatic carbocycles. The second-order valence-corrected chi connectivity index (χ2v) is 4.72. The summed E-state index contributed by atoms with van der Waals surface area (Å²) in [6, 6.07) is 4.43. The highest BCUT2D eigenvalue weighted by Gasteiger charge is 2.14. The zero-order valence-corrected chi connectivity index (χ0v) is 11.0. The van der Waals surface area contributed by atoms with Crippen LogP contribution in [-0.2, 0) is 0 Å². The molecule has 0 radical (unpaired) electrons. The third kappa shape index (κ3) is 1.95. The molecule has 3 aromatic heterocycles. The van der Waals surface area contributed by atoms with Crippen molar-refractivity contribution in [2.75, 3.05) is 5.73 Å². The number of halogens is 1. The number of nitrogens with two attached hydrogens (primary N) is 1. The van der Waals surface area contributed by atoms with Gasteiger partial charge in [-0.05, 0) is 28.1 Å². The van der Waals surface area contributed by atoms with Crippen LogP contribution in [0.3, 0.4) is 0 Å². The normalized spacial score (nSPS) is 11.0. The number of hydrogen-bond acceptors (Lipinski definition) is 5. The smallest absolute Gasteiger partial charge is 0.335 e. The zero-order valence-electron chi connectivity index (χ0n) is 9.37. The molecule has 0 saturated heterocycles. The lowest BCUT2D eigenvalue weighted by molar-refractivity contribution is 0.0697. The van der Waals surface area contributed by atoms with Crippen molar-refractivity contribution >= 4 is 33.4 Å². The van der Waals surface area contributed by atoms with Crippen molar-refractivity contribution in [1.29, 1.82) is 0 Å². The van der Waals surface area contributed by atoms with Gasteiger partial charge < -0.3 is 15.3 Å². The maximum Gasteiger partial charge on any atom is 0.335 e. The average Bonchev–Trinajstić information content (AvgIpc) is 2.94. The quantitative estimate of drug-likeness (QED) is 0.747. The van der Waals surface area contributed by atoms with Crippen molar-refractivity contribution in [2.24, 2.45) is 0 Å². The third-order valence-corrected chi connectivity index (χ3v) is 2.92. The molecule has 3 rings (SSSR count). The van der Waals surface area contributed by atoms with Crippen molar-refractivity contribution < 1.29 is 14.3 Å². The highest BCUT2D eigenvalue weighted by Crippen LogP contribution is 2.23. The molecule has 0 atom stereocenters. The number of nitrogen functional groups attached to an aromatic ring is 1. The molecule has 3 N–H and O–H groups in total. The van der Waals surface area contributed by atoms with E-state index >= 15 is 0 Å². The molecule has 0 aliphatic heterocycles. The molecule has 0 spiro atoms. The van der Waals surface area contributed by atoms with Gasteiger partial charge in [0.05, 0.1) is 10.0 Å². The Kier molecular flexibility index (Phi) is 2.53. The second-order valence-electron chi connectivity index (χ2n) is 3.81. The van der Waals surface area contributed by atoms with Gasteiger partial charge in [0.15, 0.2) is 11.4 Å². The number of fused-ring (bicyclic) bond motifs is 1. The summed E-state index contributed by atoms with van der Waals surface area (Å²) < 4.78 is 7.38. The molecule has 8 heteroatoms. The highest BCUT2D eigenvalue weighted by molar-refractivity contribution is 9.10. The van der Waals surface area contributed by atoms with Gasteiger partial charge in [0.1, 0.15) is 12.1 Å². The van der Waals surface area contributed by atoms with Gasteiger partial charge in [-0.2, -0.15) is 4.52 Å². The first-order chi connectivity index (χ1) is 9.04. The minimum atomic E-state index is -1.07. The lowest BCUT2D eigenvalue weighted by Crippen LogP contribution is -2.03. The molecule has 0 aliphatic carbocycles. The van der Waals surface area contributed by atoms with Crippen LogP contribution in [0.15, 0.2) is 33.4 Å². The summed E-state index contributed by atoms with van der Waals surface area (Å²) in [5, 5.41) is 13.1. The van der Waals surface area contributed by atoms with Gasteiger partial charge in [-0.1, -0.05) is 0 Å². The Balaban J connectivity index is 2.20. The second kappa shape index (κ2) is 4.09. The van der Waals surface area contributed by atoms with Crippen molar-refractivity contribution in [1.82, 2.24) is 14.6 Å². The van der Waals surface area contributed by atoms with Crippen molar-refractivity contribution in [2.45, 2.75) is 0 Å². The van der Waals surface area contributed by atoms with E-state index in [0.29, 0.717) is 17.2 Å². The molecule has 96 valence electrons. The predicted octanol–water partition coefficient (Wildman–Crippen LogP) is 2.03. The number of rotatable bonds is 2. The van der Waals surface area contributed by atoms with Gasteiger partial charge >= 0.3 is 5.97 Å². The minimum absolute atomic E-state index is 0.0598. The van der Waals surface area contributed by atoms with Crippen LogP contribution in [0.2, 0.25) is 0 Å². The largest absolute Gasteiger partial charge is 0.478 e. The number of anilines is 1. The molecule has 0 aliphatic rings. The summed E-state index contributed by atoms with van der Waals surface area (Å²) >= 11 is 3.26. The van der Waals surface area contributed by atoms with Crippen LogP contribution in [0.5, 0.6) is 0 Å². The van der Waals surface area contributed by atoms with Crippen molar-refractivity contribution in [3.8, 4) is 11.6 Å². The summed E-state index contributed by atoms with van der Waals surface area (Å²) in [5.74, 6) is -0.0782. The molecule has 3 heterocycles.